The van der Waals surface area contributed by atoms with Gasteiger partial charge in [-0.2, -0.15) is 0 Å². The fraction of sp³-hybridized carbons (Fsp3) is 0.263. The maximum Gasteiger partial charge on any atom is 0.169 e. The Morgan fingerprint density at radius 3 is 2.38 bits per heavy atom. The summed E-state index contributed by atoms with van der Waals surface area (Å²) >= 11 is 1.63. The van der Waals surface area contributed by atoms with Crippen LogP contribution >= 0.6 is 11.3 Å². The van der Waals surface area contributed by atoms with Gasteiger partial charge in [-0.3, -0.25) is 0 Å². The fourth-order valence-electron chi connectivity index (χ4n) is 2.39. The summed E-state index contributed by atoms with van der Waals surface area (Å²) in [5.41, 5.74) is 3.15. The second-order valence-electron chi connectivity index (χ2n) is 5.32. The summed E-state index contributed by atoms with van der Waals surface area (Å²) in [7, 11) is 2.01. The molecule has 0 radical (unpaired) electrons. The number of nitrogens with zero attached hydrogens (tertiary/aromatic N) is 2. The molecule has 124 valence electrons. The predicted octanol–water partition coefficient (Wildman–Crippen LogP) is 4.10. The number of benzene rings is 1. The Hall–Kier alpha value is -2.40. The summed E-state index contributed by atoms with van der Waals surface area (Å²) in [5, 5.41) is 3.06. The molecule has 0 bridgehead atoms. The van der Waals surface area contributed by atoms with E-state index in [0.29, 0.717) is 13.2 Å². The van der Waals surface area contributed by atoms with E-state index in [1.54, 1.807) is 11.3 Å². The van der Waals surface area contributed by atoms with Crippen molar-refractivity contribution in [2.24, 2.45) is 7.05 Å². The van der Waals surface area contributed by atoms with Crippen LogP contribution in [0.5, 0.6) is 11.5 Å². The van der Waals surface area contributed by atoms with Crippen molar-refractivity contribution >= 4 is 11.3 Å². The molecule has 1 aromatic carbocycles. The maximum absolute atomic E-state index is 5.71. The highest BCUT2D eigenvalue weighted by Crippen LogP contribution is 2.35. The third kappa shape index (κ3) is 3.57. The van der Waals surface area contributed by atoms with Crippen molar-refractivity contribution in [2.45, 2.75) is 13.8 Å². The molecule has 3 aromatic rings. The Balaban J connectivity index is 1.91. The predicted molar refractivity (Wildman–Crippen MR) is 96.5 cm³/mol. The number of thiazole rings is 1. The van der Waals surface area contributed by atoms with Gasteiger partial charge in [-0.25, -0.2) is 9.55 Å². The van der Waals surface area contributed by atoms with E-state index in [-0.39, 0.29) is 0 Å². The fourth-order valence-corrected chi connectivity index (χ4v) is 3.22. The quantitative estimate of drug-likeness (QED) is 0.633. The van der Waals surface area contributed by atoms with Crippen LogP contribution in [0.1, 0.15) is 13.8 Å². The number of aryl methyl sites for hydroxylation is 1. The van der Waals surface area contributed by atoms with Crippen LogP contribution in [0, 0.1) is 0 Å². The molecule has 2 aromatic heterocycles. The van der Waals surface area contributed by atoms with Gasteiger partial charge in [0.1, 0.15) is 12.1 Å². The van der Waals surface area contributed by atoms with Gasteiger partial charge in [0, 0.05) is 28.6 Å². The van der Waals surface area contributed by atoms with Crippen LogP contribution in [0.3, 0.4) is 0 Å². The highest BCUT2D eigenvalue weighted by atomic mass is 32.1. The van der Waals surface area contributed by atoms with E-state index >= 15 is 0 Å². The van der Waals surface area contributed by atoms with Crippen molar-refractivity contribution < 1.29 is 14.0 Å². The lowest BCUT2D eigenvalue weighted by atomic mass is 10.2. The molecule has 5 heteroatoms. The summed E-state index contributed by atoms with van der Waals surface area (Å²) in [6.07, 6.45) is 4.05. The zero-order valence-electron chi connectivity index (χ0n) is 14.2. The molecule has 0 spiro atoms. The van der Waals surface area contributed by atoms with Crippen molar-refractivity contribution in [3.63, 3.8) is 0 Å². The molecule has 0 aliphatic carbocycles. The van der Waals surface area contributed by atoms with E-state index in [9.17, 15) is 0 Å². The van der Waals surface area contributed by atoms with Gasteiger partial charge in [0.15, 0.2) is 23.9 Å². The summed E-state index contributed by atoms with van der Waals surface area (Å²) in [6.45, 7) is 5.16. The molecule has 3 rings (SSSR count). The van der Waals surface area contributed by atoms with E-state index in [4.69, 9.17) is 14.5 Å². The van der Waals surface area contributed by atoms with Crippen LogP contribution in [0.2, 0.25) is 0 Å². The molecule has 2 heterocycles. The average Bonchev–Trinajstić information content (AvgIpc) is 3.07. The van der Waals surface area contributed by atoms with Crippen molar-refractivity contribution in [1.29, 1.82) is 0 Å². The van der Waals surface area contributed by atoms with Gasteiger partial charge in [0.05, 0.1) is 18.9 Å². The molecule has 0 amide bonds. The van der Waals surface area contributed by atoms with Crippen LogP contribution in [0.15, 0.2) is 48.1 Å². The minimum atomic E-state index is 0.605. The normalized spacial score (nSPS) is 10.6. The standard InChI is InChI=1S/C19H21N2O2S/c1-4-22-17-7-6-15(12-18(17)23-5-2)19-20-16(13-24-19)14-8-10-21(3)11-9-14/h6-13H,4-5H2,1-3H3/q+1. The monoisotopic (exact) mass is 341 g/mol. The molecule has 0 atom stereocenters. The first-order valence-electron chi connectivity index (χ1n) is 8.02. The summed E-state index contributed by atoms with van der Waals surface area (Å²) in [4.78, 5) is 4.77. The first-order chi connectivity index (χ1) is 11.7. The van der Waals surface area contributed by atoms with Crippen LogP contribution in [0.25, 0.3) is 21.8 Å². The SMILES string of the molecule is CCOc1ccc(-c2nc(-c3cc[n+](C)cc3)cs2)cc1OCC. The summed E-state index contributed by atoms with van der Waals surface area (Å²) in [5.74, 6) is 1.54. The molecule has 0 N–H and O–H groups in total. The van der Waals surface area contributed by atoms with Crippen molar-refractivity contribution in [1.82, 2.24) is 4.98 Å². The number of aromatic nitrogens is 2. The smallest absolute Gasteiger partial charge is 0.169 e. The van der Waals surface area contributed by atoms with Crippen molar-refractivity contribution in [3.05, 3.63) is 48.1 Å². The molecule has 0 saturated carbocycles. The average molecular weight is 341 g/mol. The van der Waals surface area contributed by atoms with E-state index in [1.165, 1.54) is 0 Å². The molecule has 24 heavy (non-hydrogen) atoms. The van der Waals surface area contributed by atoms with Crippen LogP contribution in [-0.2, 0) is 7.05 Å². The van der Waals surface area contributed by atoms with Crippen molar-refractivity contribution in [3.8, 4) is 33.3 Å². The molecule has 0 aliphatic rings. The van der Waals surface area contributed by atoms with Gasteiger partial charge >= 0.3 is 0 Å². The third-order valence-electron chi connectivity index (χ3n) is 3.57. The Morgan fingerprint density at radius 2 is 1.67 bits per heavy atom. The molecule has 4 nitrogen and oxygen atoms in total. The first kappa shape index (κ1) is 16.5. The highest BCUT2D eigenvalue weighted by molar-refractivity contribution is 7.13. The highest BCUT2D eigenvalue weighted by Gasteiger charge is 2.11. The Labute approximate surface area is 146 Å². The minimum absolute atomic E-state index is 0.605. The zero-order valence-corrected chi connectivity index (χ0v) is 15.0. The van der Waals surface area contributed by atoms with E-state index in [0.717, 1.165) is 33.3 Å². The number of ether oxygens (including phenoxy) is 2. The Bertz CT molecular complexity index is 812. The summed E-state index contributed by atoms with van der Waals surface area (Å²) < 4.78 is 13.3. The van der Waals surface area contributed by atoms with Crippen molar-refractivity contribution in [2.75, 3.05) is 13.2 Å². The molecule has 0 saturated heterocycles. The first-order valence-corrected chi connectivity index (χ1v) is 8.90. The number of pyridine rings is 1. The van der Waals surface area contributed by atoms with Crippen LogP contribution in [-0.4, -0.2) is 18.2 Å². The maximum atomic E-state index is 5.71. The molecule has 0 unspecified atom stereocenters. The lowest BCUT2D eigenvalue weighted by Gasteiger charge is -2.11. The summed E-state index contributed by atoms with van der Waals surface area (Å²) in [6, 6.07) is 10.1. The zero-order chi connectivity index (χ0) is 16.9. The second kappa shape index (κ2) is 7.45. The van der Waals surface area contributed by atoms with Gasteiger partial charge < -0.3 is 9.47 Å². The van der Waals surface area contributed by atoms with Crippen LogP contribution < -0.4 is 14.0 Å². The second-order valence-corrected chi connectivity index (χ2v) is 6.18. The van der Waals surface area contributed by atoms with E-state index in [1.807, 2.05) is 56.1 Å². The molecule has 0 aliphatic heterocycles. The third-order valence-corrected chi connectivity index (χ3v) is 4.46. The largest absolute Gasteiger partial charge is 0.490 e. The Kier molecular flexibility index (Phi) is 5.11. The number of rotatable bonds is 6. The minimum Gasteiger partial charge on any atom is -0.490 e. The van der Waals surface area contributed by atoms with Gasteiger partial charge in [-0.05, 0) is 32.0 Å². The van der Waals surface area contributed by atoms with Gasteiger partial charge in [0.2, 0.25) is 0 Å². The molecule has 0 fully saturated rings. The lowest BCUT2D eigenvalue weighted by Crippen LogP contribution is -2.25. The number of hydrogen-bond donors (Lipinski definition) is 0. The van der Waals surface area contributed by atoms with Crippen LogP contribution in [0.4, 0.5) is 0 Å². The van der Waals surface area contributed by atoms with Gasteiger partial charge in [0.25, 0.3) is 0 Å². The van der Waals surface area contributed by atoms with Gasteiger partial charge in [-0.1, -0.05) is 0 Å². The topological polar surface area (TPSA) is 35.2 Å². The van der Waals surface area contributed by atoms with E-state index < -0.39 is 0 Å². The van der Waals surface area contributed by atoms with E-state index in [2.05, 4.69) is 17.5 Å². The molecular weight excluding hydrogens is 320 g/mol. The Morgan fingerprint density at radius 1 is 0.958 bits per heavy atom. The number of hydrogen-bond acceptors (Lipinski definition) is 4. The molecular formula is C19H21N2O2S+. The lowest BCUT2D eigenvalue weighted by molar-refractivity contribution is -0.671. The van der Waals surface area contributed by atoms with Gasteiger partial charge in [-0.15, -0.1) is 11.3 Å².